The van der Waals surface area contributed by atoms with Gasteiger partial charge in [-0.3, -0.25) is 15.6 Å². The Labute approximate surface area is 109 Å². The highest BCUT2D eigenvalue weighted by atomic mass is 19.1. The molecule has 2 rings (SSSR count). The number of halogens is 1. The second-order valence-electron chi connectivity index (χ2n) is 3.93. The molecule has 2 aromatic rings. The van der Waals surface area contributed by atoms with E-state index < -0.39 is 12.0 Å². The second kappa shape index (κ2) is 5.97. The standard InChI is InChI=1S/C14H13FN2O2/c15-11-6-8-12(9-7-11)16-17-14(19)13(18)10-4-2-1-3-5-10/h1-9,13,16,18H,(H,17,19). The number of hydrazine groups is 1. The van der Waals surface area contributed by atoms with Crippen molar-refractivity contribution in [1.29, 1.82) is 0 Å². The SMILES string of the molecule is O=C(NNc1ccc(F)cc1)C(O)c1ccccc1. The maximum Gasteiger partial charge on any atom is 0.271 e. The molecule has 0 aliphatic carbocycles. The van der Waals surface area contributed by atoms with Gasteiger partial charge in [-0.2, -0.15) is 0 Å². The topological polar surface area (TPSA) is 61.4 Å². The molecular weight excluding hydrogens is 247 g/mol. The zero-order valence-corrected chi connectivity index (χ0v) is 10.0. The van der Waals surface area contributed by atoms with Crippen molar-refractivity contribution >= 4 is 11.6 Å². The monoisotopic (exact) mass is 260 g/mol. The van der Waals surface area contributed by atoms with E-state index in [1.54, 1.807) is 30.3 Å². The molecule has 5 heteroatoms. The Morgan fingerprint density at radius 3 is 2.32 bits per heavy atom. The molecule has 0 saturated heterocycles. The Balaban J connectivity index is 1.93. The van der Waals surface area contributed by atoms with Crippen molar-refractivity contribution in [2.45, 2.75) is 6.10 Å². The predicted molar refractivity (Wildman–Crippen MR) is 69.6 cm³/mol. The molecule has 0 heterocycles. The molecule has 2 aromatic carbocycles. The van der Waals surface area contributed by atoms with E-state index in [2.05, 4.69) is 10.9 Å². The molecule has 1 amide bonds. The van der Waals surface area contributed by atoms with Crippen LogP contribution in [-0.2, 0) is 4.79 Å². The fourth-order valence-electron chi connectivity index (χ4n) is 1.52. The van der Waals surface area contributed by atoms with Crippen LogP contribution in [0.15, 0.2) is 54.6 Å². The first-order valence-electron chi connectivity index (χ1n) is 5.71. The van der Waals surface area contributed by atoms with E-state index in [0.717, 1.165) is 0 Å². The van der Waals surface area contributed by atoms with Crippen LogP contribution >= 0.6 is 0 Å². The molecule has 0 bridgehead atoms. The van der Waals surface area contributed by atoms with Crippen molar-refractivity contribution < 1.29 is 14.3 Å². The lowest BCUT2D eigenvalue weighted by atomic mass is 10.1. The molecule has 1 atom stereocenters. The fourth-order valence-corrected chi connectivity index (χ4v) is 1.52. The Kier molecular flexibility index (Phi) is 4.10. The number of benzene rings is 2. The van der Waals surface area contributed by atoms with Crippen LogP contribution < -0.4 is 10.9 Å². The lowest BCUT2D eigenvalue weighted by molar-refractivity contribution is -0.129. The highest BCUT2D eigenvalue weighted by Gasteiger charge is 2.16. The fraction of sp³-hybridized carbons (Fsp3) is 0.0714. The number of aliphatic hydroxyl groups excluding tert-OH is 1. The minimum Gasteiger partial charge on any atom is -0.378 e. The van der Waals surface area contributed by atoms with Gasteiger partial charge in [-0.1, -0.05) is 30.3 Å². The minimum absolute atomic E-state index is 0.360. The van der Waals surface area contributed by atoms with E-state index in [0.29, 0.717) is 11.3 Å². The van der Waals surface area contributed by atoms with Crippen LogP contribution in [0.4, 0.5) is 10.1 Å². The second-order valence-corrected chi connectivity index (χ2v) is 3.93. The quantitative estimate of drug-likeness (QED) is 0.737. The van der Waals surface area contributed by atoms with Crippen molar-refractivity contribution in [2.24, 2.45) is 0 Å². The van der Waals surface area contributed by atoms with Gasteiger partial charge < -0.3 is 5.11 Å². The smallest absolute Gasteiger partial charge is 0.271 e. The van der Waals surface area contributed by atoms with Gasteiger partial charge in [0, 0.05) is 0 Å². The molecule has 1 unspecified atom stereocenters. The van der Waals surface area contributed by atoms with Crippen molar-refractivity contribution in [3.63, 3.8) is 0 Å². The molecule has 19 heavy (non-hydrogen) atoms. The number of hydrogen-bond donors (Lipinski definition) is 3. The van der Waals surface area contributed by atoms with Crippen LogP contribution in [0, 0.1) is 5.82 Å². The Hall–Kier alpha value is -2.40. The zero-order valence-electron chi connectivity index (χ0n) is 10.0. The van der Waals surface area contributed by atoms with Crippen molar-refractivity contribution in [1.82, 2.24) is 5.43 Å². The molecule has 4 nitrogen and oxygen atoms in total. The van der Waals surface area contributed by atoms with Gasteiger partial charge in [0.15, 0.2) is 6.10 Å². The first-order chi connectivity index (χ1) is 9.16. The molecule has 0 radical (unpaired) electrons. The summed E-state index contributed by atoms with van der Waals surface area (Å²) in [7, 11) is 0. The molecule has 0 saturated carbocycles. The van der Waals surface area contributed by atoms with Crippen molar-refractivity contribution in [3.05, 3.63) is 66.0 Å². The first kappa shape index (κ1) is 13.0. The molecule has 3 N–H and O–H groups in total. The third kappa shape index (κ3) is 3.53. The van der Waals surface area contributed by atoms with Crippen LogP contribution in [0.1, 0.15) is 11.7 Å². The summed E-state index contributed by atoms with van der Waals surface area (Å²) < 4.78 is 12.7. The van der Waals surface area contributed by atoms with Crippen molar-refractivity contribution in [2.75, 3.05) is 5.43 Å². The maximum absolute atomic E-state index is 12.7. The number of hydrogen-bond acceptors (Lipinski definition) is 3. The number of anilines is 1. The molecule has 0 spiro atoms. The van der Waals surface area contributed by atoms with Gasteiger partial charge in [0.2, 0.25) is 0 Å². The number of rotatable bonds is 4. The predicted octanol–water partition coefficient (Wildman–Crippen LogP) is 2.00. The van der Waals surface area contributed by atoms with E-state index in [1.807, 2.05) is 0 Å². The highest BCUT2D eigenvalue weighted by molar-refractivity contribution is 5.82. The number of amides is 1. The first-order valence-corrected chi connectivity index (χ1v) is 5.71. The van der Waals surface area contributed by atoms with Gasteiger partial charge in [-0.25, -0.2) is 4.39 Å². The van der Waals surface area contributed by atoms with Gasteiger partial charge in [0.05, 0.1) is 5.69 Å². The van der Waals surface area contributed by atoms with Gasteiger partial charge in [-0.15, -0.1) is 0 Å². The Morgan fingerprint density at radius 1 is 1.05 bits per heavy atom. The lowest BCUT2D eigenvalue weighted by Gasteiger charge is -2.13. The van der Waals surface area contributed by atoms with E-state index in [9.17, 15) is 14.3 Å². The molecular formula is C14H13FN2O2. The summed E-state index contributed by atoms with van der Waals surface area (Å²) in [5.74, 6) is -0.947. The van der Waals surface area contributed by atoms with E-state index in [4.69, 9.17) is 0 Å². The third-order valence-corrected chi connectivity index (χ3v) is 2.54. The minimum atomic E-state index is -1.26. The lowest BCUT2D eigenvalue weighted by Crippen LogP contribution is -2.33. The van der Waals surface area contributed by atoms with E-state index in [1.165, 1.54) is 24.3 Å². The number of nitrogens with one attached hydrogen (secondary N) is 2. The third-order valence-electron chi connectivity index (χ3n) is 2.54. The molecule has 0 aromatic heterocycles. The van der Waals surface area contributed by atoms with Crippen LogP contribution in [-0.4, -0.2) is 11.0 Å². The van der Waals surface area contributed by atoms with Crippen molar-refractivity contribution in [3.8, 4) is 0 Å². The number of carbonyl (C=O) groups is 1. The Morgan fingerprint density at radius 2 is 1.68 bits per heavy atom. The van der Waals surface area contributed by atoms with E-state index >= 15 is 0 Å². The molecule has 0 aliphatic heterocycles. The van der Waals surface area contributed by atoms with Gasteiger partial charge >= 0.3 is 0 Å². The highest BCUT2D eigenvalue weighted by Crippen LogP contribution is 2.12. The largest absolute Gasteiger partial charge is 0.378 e. The normalized spacial score (nSPS) is 11.7. The van der Waals surface area contributed by atoms with Gasteiger partial charge in [-0.05, 0) is 29.8 Å². The molecule has 98 valence electrons. The van der Waals surface area contributed by atoms with Gasteiger partial charge in [0.1, 0.15) is 5.82 Å². The molecule has 0 aliphatic rings. The zero-order chi connectivity index (χ0) is 13.7. The summed E-state index contributed by atoms with van der Waals surface area (Å²) in [6.45, 7) is 0. The van der Waals surface area contributed by atoms with Crippen LogP contribution in [0.3, 0.4) is 0 Å². The summed E-state index contributed by atoms with van der Waals surface area (Å²) in [5, 5.41) is 9.80. The number of carbonyl (C=O) groups excluding carboxylic acids is 1. The number of aliphatic hydroxyl groups is 1. The maximum atomic E-state index is 12.7. The molecule has 0 fully saturated rings. The van der Waals surface area contributed by atoms with Crippen LogP contribution in [0.5, 0.6) is 0 Å². The summed E-state index contributed by atoms with van der Waals surface area (Å²) in [4.78, 5) is 11.7. The van der Waals surface area contributed by atoms with Gasteiger partial charge in [0.25, 0.3) is 5.91 Å². The summed E-state index contributed by atoms with van der Waals surface area (Å²) in [5.41, 5.74) is 5.98. The summed E-state index contributed by atoms with van der Waals surface area (Å²) in [6, 6.07) is 14.1. The average molecular weight is 260 g/mol. The Bertz CT molecular complexity index is 543. The van der Waals surface area contributed by atoms with Crippen LogP contribution in [0.2, 0.25) is 0 Å². The summed E-state index contributed by atoms with van der Waals surface area (Å²) >= 11 is 0. The van der Waals surface area contributed by atoms with E-state index in [-0.39, 0.29) is 5.82 Å². The average Bonchev–Trinajstić information content (AvgIpc) is 2.46. The summed E-state index contributed by atoms with van der Waals surface area (Å²) in [6.07, 6.45) is -1.26. The van der Waals surface area contributed by atoms with Crippen LogP contribution in [0.25, 0.3) is 0 Å².